The number of ether oxygens (including phenoxy) is 1. The smallest absolute Gasteiger partial charge is 0.252 e. The maximum Gasteiger partial charge on any atom is 0.252 e. The van der Waals surface area contributed by atoms with Crippen molar-refractivity contribution in [2.75, 3.05) is 5.73 Å². The van der Waals surface area contributed by atoms with Crippen LogP contribution in [0, 0.1) is 5.82 Å². The fraction of sp³-hybridized carbons (Fsp3) is 0. The van der Waals surface area contributed by atoms with Crippen molar-refractivity contribution in [2.24, 2.45) is 5.73 Å². The van der Waals surface area contributed by atoms with Crippen LogP contribution in [-0.2, 0) is 0 Å². The third kappa shape index (κ3) is 2.57. The number of hydrogen-bond acceptors (Lipinski definition) is 3. The summed E-state index contributed by atoms with van der Waals surface area (Å²) in [6, 6.07) is 10.0. The van der Waals surface area contributed by atoms with Crippen molar-refractivity contribution in [3.8, 4) is 11.5 Å². The third-order valence-corrected chi connectivity index (χ3v) is 2.30. The van der Waals surface area contributed by atoms with Crippen LogP contribution in [0.2, 0.25) is 0 Å². The monoisotopic (exact) mass is 246 g/mol. The lowest BCUT2D eigenvalue weighted by Crippen LogP contribution is -2.12. The predicted molar refractivity (Wildman–Crippen MR) is 65.8 cm³/mol. The normalized spacial score (nSPS) is 10.1. The van der Waals surface area contributed by atoms with Crippen LogP contribution in [0.25, 0.3) is 0 Å². The molecule has 0 spiro atoms. The summed E-state index contributed by atoms with van der Waals surface area (Å²) in [7, 11) is 0. The number of benzene rings is 2. The third-order valence-electron chi connectivity index (χ3n) is 2.30. The van der Waals surface area contributed by atoms with Gasteiger partial charge in [0.2, 0.25) is 0 Å². The molecule has 1 amide bonds. The van der Waals surface area contributed by atoms with Crippen molar-refractivity contribution in [2.45, 2.75) is 0 Å². The molecule has 0 radical (unpaired) electrons. The Bertz CT molecular complexity index is 599. The molecule has 0 saturated heterocycles. The molecule has 0 fully saturated rings. The minimum absolute atomic E-state index is 0.188. The molecule has 4 nitrogen and oxygen atoms in total. The van der Waals surface area contributed by atoms with Gasteiger partial charge in [0.1, 0.15) is 17.3 Å². The molecular formula is C13H11FN2O2. The lowest BCUT2D eigenvalue weighted by atomic mass is 10.1. The summed E-state index contributed by atoms with van der Waals surface area (Å²) in [5.41, 5.74) is 11.4. The summed E-state index contributed by atoms with van der Waals surface area (Å²) < 4.78 is 18.4. The summed E-state index contributed by atoms with van der Waals surface area (Å²) in [6.45, 7) is 0. The summed E-state index contributed by atoms with van der Waals surface area (Å²) in [6.07, 6.45) is 0. The first-order valence-electron chi connectivity index (χ1n) is 5.19. The van der Waals surface area contributed by atoms with Gasteiger partial charge in [-0.05, 0) is 24.3 Å². The minimum atomic E-state index is -0.638. The van der Waals surface area contributed by atoms with E-state index in [0.717, 1.165) is 0 Å². The number of amides is 1. The molecule has 2 rings (SSSR count). The maximum absolute atomic E-state index is 13.0. The highest BCUT2D eigenvalue weighted by atomic mass is 19.1. The number of anilines is 1. The summed E-state index contributed by atoms with van der Waals surface area (Å²) in [5, 5.41) is 0. The molecule has 0 aliphatic carbocycles. The molecule has 0 unspecified atom stereocenters. The first kappa shape index (κ1) is 11.9. The van der Waals surface area contributed by atoms with Gasteiger partial charge in [-0.25, -0.2) is 4.39 Å². The van der Waals surface area contributed by atoms with Crippen LogP contribution >= 0.6 is 0 Å². The fourth-order valence-electron chi connectivity index (χ4n) is 1.48. The number of nitrogen functional groups attached to an aromatic ring is 1. The highest BCUT2D eigenvalue weighted by Crippen LogP contribution is 2.27. The number of rotatable bonds is 3. The number of halogens is 1. The van der Waals surface area contributed by atoms with Gasteiger partial charge in [-0.1, -0.05) is 6.07 Å². The van der Waals surface area contributed by atoms with E-state index in [1.807, 2.05) is 0 Å². The molecule has 2 aromatic carbocycles. The quantitative estimate of drug-likeness (QED) is 0.815. The van der Waals surface area contributed by atoms with E-state index in [1.165, 1.54) is 30.3 Å². The van der Waals surface area contributed by atoms with Crippen molar-refractivity contribution < 1.29 is 13.9 Å². The number of hydrogen-bond donors (Lipinski definition) is 2. The second-order valence-corrected chi connectivity index (χ2v) is 3.68. The van der Waals surface area contributed by atoms with E-state index >= 15 is 0 Å². The van der Waals surface area contributed by atoms with E-state index in [2.05, 4.69) is 0 Å². The second kappa shape index (κ2) is 4.75. The van der Waals surface area contributed by atoms with Gasteiger partial charge in [-0.15, -0.1) is 0 Å². The Labute approximate surface area is 103 Å². The molecule has 0 aromatic heterocycles. The number of nitrogens with two attached hydrogens (primary N) is 2. The molecule has 0 aliphatic heterocycles. The fourth-order valence-corrected chi connectivity index (χ4v) is 1.48. The average Bonchev–Trinajstić information content (AvgIpc) is 2.28. The van der Waals surface area contributed by atoms with E-state index in [9.17, 15) is 9.18 Å². The lowest BCUT2D eigenvalue weighted by Gasteiger charge is -2.09. The van der Waals surface area contributed by atoms with Crippen LogP contribution in [0.5, 0.6) is 11.5 Å². The second-order valence-electron chi connectivity index (χ2n) is 3.68. The van der Waals surface area contributed by atoms with Crippen LogP contribution < -0.4 is 16.2 Å². The molecule has 0 saturated carbocycles. The zero-order chi connectivity index (χ0) is 13.1. The van der Waals surface area contributed by atoms with Crippen molar-refractivity contribution in [3.05, 3.63) is 53.8 Å². The zero-order valence-corrected chi connectivity index (χ0v) is 9.39. The van der Waals surface area contributed by atoms with Crippen molar-refractivity contribution in [3.63, 3.8) is 0 Å². The highest BCUT2D eigenvalue weighted by molar-refractivity contribution is 5.96. The Morgan fingerprint density at radius 3 is 2.61 bits per heavy atom. The Kier molecular flexibility index (Phi) is 3.14. The highest BCUT2D eigenvalue weighted by Gasteiger charge is 2.10. The van der Waals surface area contributed by atoms with Crippen LogP contribution in [0.1, 0.15) is 10.4 Å². The van der Waals surface area contributed by atoms with Gasteiger partial charge >= 0.3 is 0 Å². The van der Waals surface area contributed by atoms with Gasteiger partial charge in [0.15, 0.2) is 0 Å². The standard InChI is InChI=1S/C13H11FN2O2/c14-8-2-1-3-10(6-8)18-12-7-9(15)4-5-11(12)13(16)17/h1-7H,15H2,(H2,16,17). The van der Waals surface area contributed by atoms with Crippen molar-refractivity contribution in [1.82, 2.24) is 0 Å². The molecule has 4 N–H and O–H groups in total. The molecule has 5 heteroatoms. The van der Waals surface area contributed by atoms with E-state index < -0.39 is 11.7 Å². The lowest BCUT2D eigenvalue weighted by molar-refractivity contribution is 0.0998. The molecule has 0 heterocycles. The molecule has 0 atom stereocenters. The van der Waals surface area contributed by atoms with E-state index in [4.69, 9.17) is 16.2 Å². The Balaban J connectivity index is 2.39. The predicted octanol–water partition coefficient (Wildman–Crippen LogP) is 2.30. The molecular weight excluding hydrogens is 235 g/mol. The number of carbonyl (C=O) groups is 1. The maximum atomic E-state index is 13.0. The summed E-state index contributed by atoms with van der Waals surface area (Å²) in [4.78, 5) is 11.2. The van der Waals surface area contributed by atoms with Gasteiger partial charge < -0.3 is 16.2 Å². The number of carbonyl (C=O) groups excluding carboxylic acids is 1. The van der Waals surface area contributed by atoms with Crippen LogP contribution in [-0.4, -0.2) is 5.91 Å². The van der Waals surface area contributed by atoms with E-state index in [-0.39, 0.29) is 17.1 Å². The van der Waals surface area contributed by atoms with E-state index in [1.54, 1.807) is 12.1 Å². The van der Waals surface area contributed by atoms with Crippen LogP contribution in [0.15, 0.2) is 42.5 Å². The van der Waals surface area contributed by atoms with Gasteiger partial charge in [0.25, 0.3) is 5.91 Å². The van der Waals surface area contributed by atoms with Gasteiger partial charge in [-0.2, -0.15) is 0 Å². The van der Waals surface area contributed by atoms with Crippen molar-refractivity contribution in [1.29, 1.82) is 0 Å². The van der Waals surface area contributed by atoms with Gasteiger partial charge in [0, 0.05) is 17.8 Å². The van der Waals surface area contributed by atoms with Gasteiger partial charge in [-0.3, -0.25) is 4.79 Å². The average molecular weight is 246 g/mol. The van der Waals surface area contributed by atoms with E-state index in [0.29, 0.717) is 5.69 Å². The largest absolute Gasteiger partial charge is 0.456 e. The SMILES string of the molecule is NC(=O)c1ccc(N)cc1Oc1cccc(F)c1. The Hall–Kier alpha value is -2.56. The number of primary amides is 1. The minimum Gasteiger partial charge on any atom is -0.456 e. The zero-order valence-electron chi connectivity index (χ0n) is 9.39. The van der Waals surface area contributed by atoms with Crippen LogP contribution in [0.4, 0.5) is 10.1 Å². The first-order valence-corrected chi connectivity index (χ1v) is 5.19. The molecule has 2 aromatic rings. The molecule has 18 heavy (non-hydrogen) atoms. The van der Waals surface area contributed by atoms with Crippen molar-refractivity contribution >= 4 is 11.6 Å². The first-order chi connectivity index (χ1) is 8.56. The molecule has 0 aliphatic rings. The topological polar surface area (TPSA) is 78.3 Å². The van der Waals surface area contributed by atoms with Crippen LogP contribution in [0.3, 0.4) is 0 Å². The Morgan fingerprint density at radius 1 is 1.17 bits per heavy atom. The summed E-state index contributed by atoms with van der Waals surface area (Å²) in [5.74, 6) is -0.602. The van der Waals surface area contributed by atoms with Gasteiger partial charge in [0.05, 0.1) is 5.56 Å². The molecule has 92 valence electrons. The Morgan fingerprint density at radius 2 is 1.94 bits per heavy atom. The molecule has 0 bridgehead atoms. The summed E-state index contributed by atoms with van der Waals surface area (Å²) >= 11 is 0.